The molecule has 0 aliphatic carbocycles. The summed E-state index contributed by atoms with van der Waals surface area (Å²) >= 11 is 6.05. The monoisotopic (exact) mass is 288 g/mol. The molecule has 2 aromatic carbocycles. The zero-order valence-corrected chi connectivity index (χ0v) is 11.6. The molecule has 0 radical (unpaired) electrons. The first kappa shape index (κ1) is 14.1. The molecule has 20 heavy (non-hydrogen) atoms. The van der Waals surface area contributed by atoms with E-state index in [2.05, 4.69) is 10.5 Å². The van der Waals surface area contributed by atoms with Crippen LogP contribution in [0.5, 0.6) is 5.75 Å². The predicted molar refractivity (Wildman–Crippen MR) is 79.2 cm³/mol. The van der Waals surface area contributed by atoms with Crippen LogP contribution in [0.3, 0.4) is 0 Å². The van der Waals surface area contributed by atoms with E-state index in [-0.39, 0.29) is 11.7 Å². The van der Waals surface area contributed by atoms with Crippen LogP contribution in [0.4, 0.5) is 0 Å². The molecule has 0 saturated heterocycles. The van der Waals surface area contributed by atoms with Crippen molar-refractivity contribution in [1.29, 1.82) is 0 Å². The highest BCUT2D eigenvalue weighted by molar-refractivity contribution is 6.34. The number of benzene rings is 2. The molecule has 2 aromatic rings. The van der Waals surface area contributed by atoms with Crippen LogP contribution in [-0.2, 0) is 0 Å². The lowest BCUT2D eigenvalue weighted by molar-refractivity contribution is 0.0955. The summed E-state index contributed by atoms with van der Waals surface area (Å²) in [6, 6.07) is 13.2. The van der Waals surface area contributed by atoms with E-state index in [4.69, 9.17) is 16.7 Å². The van der Waals surface area contributed by atoms with E-state index >= 15 is 0 Å². The summed E-state index contributed by atoms with van der Waals surface area (Å²) in [5, 5.41) is 13.8. The number of amides is 1. The molecule has 2 rings (SSSR count). The summed E-state index contributed by atoms with van der Waals surface area (Å²) in [7, 11) is 0. The Balaban J connectivity index is 2.11. The third-order valence-corrected chi connectivity index (χ3v) is 3.05. The molecule has 0 aromatic heterocycles. The molecule has 0 spiro atoms. The van der Waals surface area contributed by atoms with Crippen LogP contribution >= 0.6 is 11.6 Å². The lowest BCUT2D eigenvalue weighted by atomic mass is 10.1. The van der Waals surface area contributed by atoms with Crippen molar-refractivity contribution in [2.24, 2.45) is 5.10 Å². The number of nitrogens with zero attached hydrogens (tertiary/aromatic N) is 1. The number of hydrazone groups is 1. The van der Waals surface area contributed by atoms with Crippen LogP contribution in [0.2, 0.25) is 5.02 Å². The number of hydrogen-bond donors (Lipinski definition) is 2. The van der Waals surface area contributed by atoms with Gasteiger partial charge in [-0.05, 0) is 37.3 Å². The Morgan fingerprint density at radius 3 is 2.45 bits per heavy atom. The predicted octanol–water partition coefficient (Wildman–Crippen LogP) is 3.20. The zero-order chi connectivity index (χ0) is 14.5. The molecule has 0 aliphatic heterocycles. The molecule has 0 atom stereocenters. The summed E-state index contributed by atoms with van der Waals surface area (Å²) < 4.78 is 0. The van der Waals surface area contributed by atoms with Gasteiger partial charge >= 0.3 is 0 Å². The van der Waals surface area contributed by atoms with Crippen molar-refractivity contribution < 1.29 is 9.90 Å². The van der Waals surface area contributed by atoms with Gasteiger partial charge in [0.05, 0.1) is 5.71 Å². The van der Waals surface area contributed by atoms with Gasteiger partial charge in [-0.25, -0.2) is 5.43 Å². The number of aromatic hydroxyl groups is 1. The Kier molecular flexibility index (Phi) is 4.38. The number of phenols is 1. The van der Waals surface area contributed by atoms with Crippen LogP contribution in [0.25, 0.3) is 0 Å². The summed E-state index contributed by atoms with van der Waals surface area (Å²) in [6.07, 6.45) is 0. The minimum Gasteiger partial charge on any atom is -0.508 e. The highest BCUT2D eigenvalue weighted by atomic mass is 35.5. The number of carbonyl (C=O) groups is 1. The number of hydrogen-bond acceptors (Lipinski definition) is 3. The normalized spacial score (nSPS) is 11.2. The maximum absolute atomic E-state index is 11.8. The lowest BCUT2D eigenvalue weighted by Gasteiger charge is -2.04. The van der Waals surface area contributed by atoms with Gasteiger partial charge in [0.25, 0.3) is 5.91 Å². The number of phenolic OH excluding ortho intramolecular Hbond substituents is 1. The SMILES string of the molecule is C/C(=N/NC(=O)c1ccc(O)cc1)c1ccccc1Cl. The minimum atomic E-state index is -0.351. The Labute approximate surface area is 121 Å². The minimum absolute atomic E-state index is 0.109. The Morgan fingerprint density at radius 2 is 1.80 bits per heavy atom. The van der Waals surface area contributed by atoms with E-state index in [0.717, 1.165) is 5.56 Å². The van der Waals surface area contributed by atoms with E-state index in [9.17, 15) is 4.79 Å². The second-order valence-electron chi connectivity index (χ2n) is 4.16. The third-order valence-electron chi connectivity index (χ3n) is 2.72. The molecular formula is C15H13ClN2O2. The Morgan fingerprint density at radius 1 is 1.15 bits per heavy atom. The van der Waals surface area contributed by atoms with Crippen LogP contribution in [0, 0.1) is 0 Å². The number of halogens is 1. The van der Waals surface area contributed by atoms with E-state index in [0.29, 0.717) is 16.3 Å². The molecular weight excluding hydrogens is 276 g/mol. The molecule has 2 N–H and O–H groups in total. The summed E-state index contributed by atoms with van der Waals surface area (Å²) in [6.45, 7) is 1.76. The third kappa shape index (κ3) is 3.36. The first-order valence-electron chi connectivity index (χ1n) is 5.96. The van der Waals surface area contributed by atoms with Crippen molar-refractivity contribution in [3.8, 4) is 5.75 Å². The molecule has 5 heteroatoms. The van der Waals surface area contributed by atoms with E-state index < -0.39 is 0 Å². The molecule has 0 bridgehead atoms. The van der Waals surface area contributed by atoms with Crippen LogP contribution in [0.15, 0.2) is 53.6 Å². The van der Waals surface area contributed by atoms with Crippen molar-refractivity contribution in [2.45, 2.75) is 6.92 Å². The second kappa shape index (κ2) is 6.21. The van der Waals surface area contributed by atoms with Crippen molar-refractivity contribution in [1.82, 2.24) is 5.43 Å². The second-order valence-corrected chi connectivity index (χ2v) is 4.57. The van der Waals surface area contributed by atoms with Gasteiger partial charge in [0.1, 0.15) is 5.75 Å². The van der Waals surface area contributed by atoms with Crippen molar-refractivity contribution >= 4 is 23.2 Å². The zero-order valence-electron chi connectivity index (χ0n) is 10.8. The summed E-state index contributed by atoms with van der Waals surface area (Å²) in [5.74, 6) is -0.242. The van der Waals surface area contributed by atoms with Gasteiger partial charge in [0, 0.05) is 16.1 Å². The quantitative estimate of drug-likeness (QED) is 0.673. The Bertz CT molecular complexity index is 651. The molecule has 1 amide bonds. The van der Waals surface area contributed by atoms with Crippen molar-refractivity contribution in [2.75, 3.05) is 0 Å². The fourth-order valence-corrected chi connectivity index (χ4v) is 1.90. The van der Waals surface area contributed by atoms with E-state index in [1.807, 2.05) is 18.2 Å². The summed E-state index contributed by atoms with van der Waals surface area (Å²) in [5.41, 5.74) is 4.25. The van der Waals surface area contributed by atoms with Crippen LogP contribution in [0.1, 0.15) is 22.8 Å². The highest BCUT2D eigenvalue weighted by Crippen LogP contribution is 2.15. The molecule has 0 saturated carbocycles. The average Bonchev–Trinajstić information content (AvgIpc) is 2.45. The molecule has 0 aliphatic rings. The van der Waals surface area contributed by atoms with Gasteiger partial charge in [0.2, 0.25) is 0 Å². The number of nitrogens with one attached hydrogen (secondary N) is 1. The van der Waals surface area contributed by atoms with Crippen LogP contribution < -0.4 is 5.43 Å². The largest absolute Gasteiger partial charge is 0.508 e. The van der Waals surface area contributed by atoms with Crippen molar-refractivity contribution in [3.05, 3.63) is 64.7 Å². The molecule has 102 valence electrons. The maximum atomic E-state index is 11.8. The first-order valence-corrected chi connectivity index (χ1v) is 6.34. The first-order chi connectivity index (χ1) is 9.58. The fraction of sp³-hybridized carbons (Fsp3) is 0.0667. The van der Waals surface area contributed by atoms with E-state index in [1.54, 1.807) is 13.0 Å². The van der Waals surface area contributed by atoms with Crippen LogP contribution in [-0.4, -0.2) is 16.7 Å². The Hall–Kier alpha value is -2.33. The van der Waals surface area contributed by atoms with Gasteiger partial charge in [0.15, 0.2) is 0 Å². The fourth-order valence-electron chi connectivity index (χ4n) is 1.63. The maximum Gasteiger partial charge on any atom is 0.271 e. The number of carbonyl (C=O) groups excluding carboxylic acids is 1. The molecule has 4 nitrogen and oxygen atoms in total. The standard InChI is InChI=1S/C15H13ClN2O2/c1-10(13-4-2-3-5-14(13)16)17-18-15(20)11-6-8-12(19)9-7-11/h2-9,19H,1H3,(H,18,20)/b17-10-. The molecule has 0 heterocycles. The lowest BCUT2D eigenvalue weighted by Crippen LogP contribution is -2.19. The van der Waals surface area contributed by atoms with Gasteiger partial charge in [-0.1, -0.05) is 29.8 Å². The highest BCUT2D eigenvalue weighted by Gasteiger charge is 2.06. The van der Waals surface area contributed by atoms with E-state index in [1.165, 1.54) is 24.3 Å². The van der Waals surface area contributed by atoms with Gasteiger partial charge in [-0.2, -0.15) is 5.10 Å². The molecule has 0 unspecified atom stereocenters. The van der Waals surface area contributed by atoms with Crippen molar-refractivity contribution in [3.63, 3.8) is 0 Å². The molecule has 0 fully saturated rings. The van der Waals surface area contributed by atoms with Gasteiger partial charge < -0.3 is 5.11 Å². The topological polar surface area (TPSA) is 61.7 Å². The van der Waals surface area contributed by atoms with Gasteiger partial charge in [-0.15, -0.1) is 0 Å². The summed E-state index contributed by atoms with van der Waals surface area (Å²) in [4.78, 5) is 11.8. The average molecular weight is 289 g/mol. The van der Waals surface area contributed by atoms with Gasteiger partial charge in [-0.3, -0.25) is 4.79 Å². The number of rotatable bonds is 3. The smallest absolute Gasteiger partial charge is 0.271 e.